The maximum atomic E-state index is 13.2. The van der Waals surface area contributed by atoms with Crippen molar-refractivity contribution < 1.29 is 19.4 Å². The van der Waals surface area contributed by atoms with Crippen LogP contribution in [0, 0.1) is 0 Å². The van der Waals surface area contributed by atoms with Gasteiger partial charge in [-0.25, -0.2) is 14.6 Å². The Balaban J connectivity index is 1.76. The number of anilines is 1. The minimum atomic E-state index is -1.02. The van der Waals surface area contributed by atoms with Gasteiger partial charge in [0.25, 0.3) is 0 Å². The Morgan fingerprint density at radius 1 is 1.11 bits per heavy atom. The summed E-state index contributed by atoms with van der Waals surface area (Å²) in [6.07, 6.45) is 4.47. The van der Waals surface area contributed by atoms with E-state index in [4.69, 9.17) is 9.84 Å². The van der Waals surface area contributed by atoms with Gasteiger partial charge in [-0.2, -0.15) is 0 Å². The van der Waals surface area contributed by atoms with Crippen molar-refractivity contribution in [3.63, 3.8) is 0 Å². The zero-order chi connectivity index (χ0) is 25.8. The van der Waals surface area contributed by atoms with Crippen LogP contribution in [0.15, 0.2) is 48.7 Å². The lowest BCUT2D eigenvalue weighted by molar-refractivity contribution is -0.131. The SMILES string of the molecule is CC(C)(C)OC(=O)N(c1ccc(C=CC(=O)O)cn1)[C@@H]1CCN(Cc2ccc(C(C)(C)C)cc2)C1. The topological polar surface area (TPSA) is 83.0 Å². The number of ether oxygens (including phenoxy) is 1. The Labute approximate surface area is 208 Å². The molecule has 1 aliphatic heterocycles. The zero-order valence-corrected chi connectivity index (χ0v) is 21.6. The third-order valence-electron chi connectivity index (χ3n) is 5.86. The van der Waals surface area contributed by atoms with Crippen molar-refractivity contribution in [2.45, 2.75) is 71.6 Å². The highest BCUT2D eigenvalue weighted by atomic mass is 16.6. The number of rotatable bonds is 6. The predicted octanol–water partition coefficient (Wildman–Crippen LogP) is 5.49. The van der Waals surface area contributed by atoms with Crippen LogP contribution in [0.4, 0.5) is 10.6 Å². The summed E-state index contributed by atoms with van der Waals surface area (Å²) in [5.41, 5.74) is 2.69. The van der Waals surface area contributed by atoms with E-state index in [-0.39, 0.29) is 11.5 Å². The molecule has 3 rings (SSSR count). The van der Waals surface area contributed by atoms with Gasteiger partial charge in [-0.15, -0.1) is 0 Å². The number of benzene rings is 1. The smallest absolute Gasteiger partial charge is 0.416 e. The zero-order valence-electron chi connectivity index (χ0n) is 21.6. The number of carboxylic acids is 1. The second-order valence-electron chi connectivity index (χ2n) is 11.1. The highest BCUT2D eigenvalue weighted by Crippen LogP contribution is 2.27. The molecule has 0 radical (unpaired) electrons. The number of carbonyl (C=O) groups excluding carboxylic acids is 1. The molecule has 0 spiro atoms. The quantitative estimate of drug-likeness (QED) is 0.552. The highest BCUT2D eigenvalue weighted by Gasteiger charge is 2.35. The maximum absolute atomic E-state index is 13.2. The maximum Gasteiger partial charge on any atom is 0.416 e. The fourth-order valence-corrected chi connectivity index (χ4v) is 4.08. The minimum absolute atomic E-state index is 0.0772. The van der Waals surface area contributed by atoms with E-state index in [1.807, 2.05) is 20.8 Å². The molecule has 2 heterocycles. The first-order valence-electron chi connectivity index (χ1n) is 12.0. The summed E-state index contributed by atoms with van der Waals surface area (Å²) >= 11 is 0. The number of amides is 1. The van der Waals surface area contributed by atoms with Gasteiger partial charge in [0.1, 0.15) is 11.4 Å². The number of nitrogens with zero attached hydrogens (tertiary/aromatic N) is 3. The molecule has 1 N–H and O–H groups in total. The Morgan fingerprint density at radius 3 is 2.34 bits per heavy atom. The van der Waals surface area contributed by atoms with Gasteiger partial charge in [0.2, 0.25) is 0 Å². The molecule has 0 aliphatic carbocycles. The lowest BCUT2D eigenvalue weighted by Gasteiger charge is -2.31. The molecule has 7 heteroatoms. The van der Waals surface area contributed by atoms with Crippen LogP contribution in [0.25, 0.3) is 6.08 Å². The number of carboxylic acid groups (broad SMARTS) is 1. The number of pyridine rings is 1. The van der Waals surface area contributed by atoms with Gasteiger partial charge in [-0.05, 0) is 67.5 Å². The Hall–Kier alpha value is -3.19. The molecule has 0 saturated carbocycles. The summed E-state index contributed by atoms with van der Waals surface area (Å²) in [6.45, 7) is 14.6. The lowest BCUT2D eigenvalue weighted by Crippen LogP contribution is -2.45. The van der Waals surface area contributed by atoms with Crippen molar-refractivity contribution in [2.24, 2.45) is 0 Å². The largest absolute Gasteiger partial charge is 0.478 e. The minimum Gasteiger partial charge on any atom is -0.478 e. The van der Waals surface area contributed by atoms with E-state index in [9.17, 15) is 9.59 Å². The van der Waals surface area contributed by atoms with E-state index in [2.05, 4.69) is 54.9 Å². The summed E-state index contributed by atoms with van der Waals surface area (Å²) in [5, 5.41) is 8.84. The third-order valence-corrected chi connectivity index (χ3v) is 5.86. The van der Waals surface area contributed by atoms with E-state index >= 15 is 0 Å². The molecule has 0 bridgehead atoms. The molecule has 2 aromatic rings. The number of likely N-dealkylation sites (tertiary alicyclic amines) is 1. The molecular formula is C28H37N3O4. The number of hydrogen-bond acceptors (Lipinski definition) is 5. The average Bonchev–Trinajstić information content (AvgIpc) is 3.19. The summed E-state index contributed by atoms with van der Waals surface area (Å²) in [7, 11) is 0. The van der Waals surface area contributed by atoms with Crippen molar-refractivity contribution in [1.82, 2.24) is 9.88 Å². The predicted molar refractivity (Wildman–Crippen MR) is 138 cm³/mol. The van der Waals surface area contributed by atoms with Gasteiger partial charge in [0.15, 0.2) is 0 Å². The van der Waals surface area contributed by atoms with E-state index in [0.29, 0.717) is 17.9 Å². The second kappa shape index (κ2) is 10.6. The molecule has 35 heavy (non-hydrogen) atoms. The standard InChI is InChI=1S/C28H37N3O4/c1-27(2,3)22-11-7-21(8-12-22)18-30-16-15-23(19-30)31(26(34)35-28(4,5)6)24-13-9-20(17-29-24)10-14-25(32)33/h7-14,17,23H,15-16,18-19H2,1-6H3,(H,32,33)/t23-/m1/s1. The molecule has 1 saturated heterocycles. The van der Waals surface area contributed by atoms with Gasteiger partial charge in [0.05, 0.1) is 6.04 Å². The molecule has 1 amide bonds. The molecule has 0 unspecified atom stereocenters. The Kier molecular flexibility index (Phi) is 8.00. The normalized spacial score (nSPS) is 17.0. The molecule has 188 valence electrons. The molecule has 1 aliphatic rings. The van der Waals surface area contributed by atoms with Gasteiger partial charge < -0.3 is 9.84 Å². The molecule has 1 fully saturated rings. The van der Waals surface area contributed by atoms with Crippen molar-refractivity contribution in [2.75, 3.05) is 18.0 Å². The summed E-state index contributed by atoms with van der Waals surface area (Å²) in [4.78, 5) is 32.4. The monoisotopic (exact) mass is 479 g/mol. The van der Waals surface area contributed by atoms with Crippen molar-refractivity contribution in [3.8, 4) is 0 Å². The van der Waals surface area contributed by atoms with Crippen LogP contribution < -0.4 is 4.90 Å². The van der Waals surface area contributed by atoms with Crippen molar-refractivity contribution >= 4 is 24.0 Å². The molecule has 1 atom stereocenters. The first-order valence-corrected chi connectivity index (χ1v) is 12.0. The molecule has 7 nitrogen and oxygen atoms in total. The Morgan fingerprint density at radius 2 is 1.80 bits per heavy atom. The third kappa shape index (κ3) is 7.65. The lowest BCUT2D eigenvalue weighted by atomic mass is 9.87. The van der Waals surface area contributed by atoms with Crippen molar-refractivity contribution in [3.05, 3.63) is 65.4 Å². The van der Waals surface area contributed by atoms with E-state index < -0.39 is 17.7 Å². The van der Waals surface area contributed by atoms with Crippen LogP contribution in [-0.4, -0.2) is 51.8 Å². The number of aromatic nitrogens is 1. The fraction of sp³-hybridized carbons (Fsp3) is 0.464. The van der Waals surface area contributed by atoms with Crippen molar-refractivity contribution in [1.29, 1.82) is 0 Å². The highest BCUT2D eigenvalue weighted by molar-refractivity contribution is 5.88. The number of carbonyl (C=O) groups is 2. The van der Waals surface area contributed by atoms with Crippen LogP contribution in [0.3, 0.4) is 0 Å². The van der Waals surface area contributed by atoms with Crippen LogP contribution in [0.1, 0.15) is 64.7 Å². The van der Waals surface area contributed by atoms with Crippen LogP contribution >= 0.6 is 0 Å². The summed E-state index contributed by atoms with van der Waals surface area (Å²) in [5.74, 6) is -0.531. The van der Waals surface area contributed by atoms with E-state index in [0.717, 1.165) is 25.6 Å². The summed E-state index contributed by atoms with van der Waals surface area (Å²) < 4.78 is 5.71. The van der Waals surface area contributed by atoms with E-state index in [1.165, 1.54) is 17.2 Å². The van der Waals surface area contributed by atoms with Gasteiger partial charge in [-0.3, -0.25) is 9.80 Å². The van der Waals surface area contributed by atoms with Gasteiger partial charge in [-0.1, -0.05) is 45.0 Å². The first kappa shape index (κ1) is 26.4. The number of hydrogen-bond donors (Lipinski definition) is 1. The van der Waals surface area contributed by atoms with Crippen LogP contribution in [-0.2, 0) is 21.5 Å². The van der Waals surface area contributed by atoms with Gasteiger partial charge in [0, 0.05) is 31.9 Å². The molecule has 1 aromatic heterocycles. The van der Waals surface area contributed by atoms with Crippen LogP contribution in [0.2, 0.25) is 0 Å². The summed E-state index contributed by atoms with van der Waals surface area (Å²) in [6, 6.07) is 12.2. The van der Waals surface area contributed by atoms with Crippen LogP contribution in [0.5, 0.6) is 0 Å². The fourth-order valence-electron chi connectivity index (χ4n) is 4.08. The number of aliphatic carboxylic acids is 1. The first-order chi connectivity index (χ1) is 16.3. The second-order valence-corrected chi connectivity index (χ2v) is 11.1. The van der Waals surface area contributed by atoms with E-state index in [1.54, 1.807) is 23.2 Å². The molecular weight excluding hydrogens is 442 g/mol. The molecule has 1 aromatic carbocycles. The average molecular weight is 480 g/mol. The van der Waals surface area contributed by atoms with Gasteiger partial charge >= 0.3 is 12.1 Å². The Bertz CT molecular complexity index is 1050.